The Hall–Kier alpha value is -0.980. The molecule has 1 atom stereocenters. The number of unbranched alkanes of at least 4 members (excludes halogenated alkanes) is 1. The van der Waals surface area contributed by atoms with Gasteiger partial charge in [0.1, 0.15) is 6.61 Å². The van der Waals surface area contributed by atoms with Gasteiger partial charge in [0.15, 0.2) is 6.29 Å². The summed E-state index contributed by atoms with van der Waals surface area (Å²) in [6, 6.07) is 0. The highest BCUT2D eigenvalue weighted by Crippen LogP contribution is 1.97. The molecule has 0 aliphatic heterocycles. The maximum absolute atomic E-state index is 5.33. The van der Waals surface area contributed by atoms with E-state index >= 15 is 0 Å². The van der Waals surface area contributed by atoms with E-state index in [2.05, 4.69) is 12.5 Å². The summed E-state index contributed by atoms with van der Waals surface area (Å²) in [5.41, 5.74) is 0. The zero-order chi connectivity index (χ0) is 10.6. The van der Waals surface area contributed by atoms with E-state index in [1.165, 1.54) is 6.26 Å². The summed E-state index contributed by atoms with van der Waals surface area (Å²) < 4.78 is 15.4. The van der Waals surface area contributed by atoms with E-state index in [1.807, 2.05) is 6.92 Å². The highest BCUT2D eigenvalue weighted by molar-refractivity contribution is 4.82. The van der Waals surface area contributed by atoms with Crippen molar-refractivity contribution in [1.29, 1.82) is 0 Å². The van der Waals surface area contributed by atoms with Gasteiger partial charge in [-0.15, -0.1) is 6.42 Å². The molecule has 0 fully saturated rings. The Bertz CT molecular complexity index is 172. The van der Waals surface area contributed by atoms with Crippen molar-refractivity contribution in [3.63, 3.8) is 0 Å². The Morgan fingerprint density at radius 1 is 1.36 bits per heavy atom. The lowest BCUT2D eigenvalue weighted by Crippen LogP contribution is -2.14. The third kappa shape index (κ3) is 9.11. The van der Waals surface area contributed by atoms with Gasteiger partial charge in [-0.2, -0.15) is 0 Å². The average Bonchev–Trinajstić information content (AvgIpc) is 2.20. The van der Waals surface area contributed by atoms with Gasteiger partial charge in [0, 0.05) is 6.61 Å². The van der Waals surface area contributed by atoms with Gasteiger partial charge < -0.3 is 14.2 Å². The lowest BCUT2D eigenvalue weighted by atomic mass is 10.3. The fourth-order valence-corrected chi connectivity index (χ4v) is 0.834. The van der Waals surface area contributed by atoms with E-state index < -0.39 is 0 Å². The molecule has 0 bridgehead atoms. The van der Waals surface area contributed by atoms with Crippen molar-refractivity contribution in [3.8, 4) is 12.3 Å². The first-order valence-corrected chi connectivity index (χ1v) is 4.70. The van der Waals surface area contributed by atoms with Crippen molar-refractivity contribution >= 4 is 0 Å². The van der Waals surface area contributed by atoms with Crippen LogP contribution in [0.4, 0.5) is 0 Å². The van der Waals surface area contributed by atoms with Crippen LogP contribution in [0.2, 0.25) is 0 Å². The first-order chi connectivity index (χ1) is 6.81. The van der Waals surface area contributed by atoms with Crippen LogP contribution >= 0.6 is 0 Å². The van der Waals surface area contributed by atoms with Crippen LogP contribution in [0.1, 0.15) is 19.8 Å². The lowest BCUT2D eigenvalue weighted by molar-refractivity contribution is -0.121. The average molecular weight is 198 g/mol. The van der Waals surface area contributed by atoms with Crippen molar-refractivity contribution in [3.05, 3.63) is 12.8 Å². The Kier molecular flexibility index (Phi) is 9.40. The number of hydrogen-bond acceptors (Lipinski definition) is 3. The zero-order valence-corrected chi connectivity index (χ0v) is 8.70. The smallest absolute Gasteiger partial charge is 0.156 e. The minimum Gasteiger partial charge on any atom is -0.502 e. The van der Waals surface area contributed by atoms with Crippen LogP contribution in [-0.2, 0) is 14.2 Å². The van der Waals surface area contributed by atoms with E-state index in [1.54, 1.807) is 0 Å². The highest BCUT2D eigenvalue weighted by Gasteiger charge is 1.99. The second-order valence-corrected chi connectivity index (χ2v) is 2.70. The van der Waals surface area contributed by atoms with Gasteiger partial charge in [-0.1, -0.05) is 12.5 Å². The maximum atomic E-state index is 5.33. The summed E-state index contributed by atoms with van der Waals surface area (Å²) in [6.45, 7) is 6.92. The molecule has 0 aromatic heterocycles. The molecule has 3 heteroatoms. The molecule has 0 aromatic carbocycles. The molecule has 0 saturated carbocycles. The summed E-state index contributed by atoms with van der Waals surface area (Å²) in [6.07, 6.45) is 8.14. The molecule has 0 amide bonds. The first kappa shape index (κ1) is 13.0. The van der Waals surface area contributed by atoms with Crippen molar-refractivity contribution in [2.24, 2.45) is 0 Å². The minimum absolute atomic E-state index is 0.230. The number of rotatable bonds is 9. The predicted molar refractivity (Wildman–Crippen MR) is 55.6 cm³/mol. The fourth-order valence-electron chi connectivity index (χ4n) is 0.834. The first-order valence-electron chi connectivity index (χ1n) is 4.70. The van der Waals surface area contributed by atoms with Gasteiger partial charge in [0.05, 0.1) is 12.9 Å². The van der Waals surface area contributed by atoms with E-state index in [-0.39, 0.29) is 6.29 Å². The van der Waals surface area contributed by atoms with Crippen molar-refractivity contribution in [1.82, 2.24) is 0 Å². The lowest BCUT2D eigenvalue weighted by Gasteiger charge is -2.11. The van der Waals surface area contributed by atoms with E-state index in [0.717, 1.165) is 12.8 Å². The fraction of sp³-hybridized carbons (Fsp3) is 0.636. The topological polar surface area (TPSA) is 27.7 Å². The Morgan fingerprint density at radius 3 is 2.71 bits per heavy atom. The third-order valence-corrected chi connectivity index (χ3v) is 1.53. The molecule has 0 saturated heterocycles. The Labute approximate surface area is 86.0 Å². The second kappa shape index (κ2) is 10.1. The molecule has 0 spiro atoms. The van der Waals surface area contributed by atoms with Gasteiger partial charge in [-0.05, 0) is 19.8 Å². The summed E-state index contributed by atoms with van der Waals surface area (Å²) in [7, 11) is 0. The molecule has 0 aliphatic rings. The van der Waals surface area contributed by atoms with Crippen molar-refractivity contribution in [2.75, 3.05) is 19.8 Å². The molecular formula is C11H18O3. The summed E-state index contributed by atoms with van der Waals surface area (Å²) in [4.78, 5) is 0. The Morgan fingerprint density at radius 2 is 2.07 bits per heavy atom. The van der Waals surface area contributed by atoms with Crippen molar-refractivity contribution < 1.29 is 14.2 Å². The normalized spacial score (nSPS) is 11.7. The monoisotopic (exact) mass is 198 g/mol. The van der Waals surface area contributed by atoms with Crippen LogP contribution < -0.4 is 0 Å². The molecule has 0 aliphatic carbocycles. The molecule has 0 N–H and O–H groups in total. The standard InChI is InChI=1S/C11H18O3/c1-4-8-13-11(3)14-10-7-6-9-12-5-2/h1,5,11H,2,6-10H2,3H3. The summed E-state index contributed by atoms with van der Waals surface area (Å²) in [5.74, 6) is 2.38. The van der Waals surface area contributed by atoms with Crippen LogP contribution in [0.3, 0.4) is 0 Å². The minimum atomic E-state index is -0.230. The number of terminal acetylenes is 1. The van der Waals surface area contributed by atoms with Crippen LogP contribution in [0.15, 0.2) is 12.8 Å². The number of ether oxygens (including phenoxy) is 3. The van der Waals surface area contributed by atoms with Crippen LogP contribution in [0, 0.1) is 12.3 Å². The van der Waals surface area contributed by atoms with Gasteiger partial charge in [-0.3, -0.25) is 0 Å². The van der Waals surface area contributed by atoms with Crippen LogP contribution in [-0.4, -0.2) is 26.1 Å². The molecule has 0 aromatic rings. The number of hydrogen-bond donors (Lipinski definition) is 0. The Balaban J connectivity index is 3.11. The van der Waals surface area contributed by atoms with E-state index in [0.29, 0.717) is 19.8 Å². The van der Waals surface area contributed by atoms with E-state index in [9.17, 15) is 0 Å². The zero-order valence-electron chi connectivity index (χ0n) is 8.70. The van der Waals surface area contributed by atoms with Crippen LogP contribution in [0.25, 0.3) is 0 Å². The van der Waals surface area contributed by atoms with Gasteiger partial charge in [0.25, 0.3) is 0 Å². The quantitative estimate of drug-likeness (QED) is 0.245. The molecule has 14 heavy (non-hydrogen) atoms. The second-order valence-electron chi connectivity index (χ2n) is 2.70. The molecule has 0 heterocycles. The SMILES string of the molecule is C#CCOC(C)OCCCCOC=C. The molecular weight excluding hydrogens is 180 g/mol. The summed E-state index contributed by atoms with van der Waals surface area (Å²) in [5, 5.41) is 0. The van der Waals surface area contributed by atoms with Gasteiger partial charge in [-0.25, -0.2) is 0 Å². The third-order valence-electron chi connectivity index (χ3n) is 1.53. The van der Waals surface area contributed by atoms with Crippen molar-refractivity contribution in [2.45, 2.75) is 26.1 Å². The van der Waals surface area contributed by atoms with Gasteiger partial charge >= 0.3 is 0 Å². The van der Waals surface area contributed by atoms with Crippen LogP contribution in [0.5, 0.6) is 0 Å². The molecule has 80 valence electrons. The molecule has 0 radical (unpaired) electrons. The largest absolute Gasteiger partial charge is 0.502 e. The molecule has 1 unspecified atom stereocenters. The molecule has 0 rings (SSSR count). The highest BCUT2D eigenvalue weighted by atomic mass is 16.7. The predicted octanol–water partition coefficient (Wildman–Crippen LogP) is 1.94. The van der Waals surface area contributed by atoms with E-state index in [4.69, 9.17) is 20.6 Å². The molecule has 3 nitrogen and oxygen atoms in total. The maximum Gasteiger partial charge on any atom is 0.156 e. The van der Waals surface area contributed by atoms with Gasteiger partial charge in [0.2, 0.25) is 0 Å². The summed E-state index contributed by atoms with van der Waals surface area (Å²) >= 11 is 0.